The number of rotatable bonds is 5. The minimum atomic E-state index is -4.17. The van der Waals surface area contributed by atoms with E-state index in [1.807, 2.05) is 20.8 Å². The average Bonchev–Trinajstić information content (AvgIpc) is 2.51. The summed E-state index contributed by atoms with van der Waals surface area (Å²) in [6.45, 7) is 5.95. The third-order valence-corrected chi connectivity index (χ3v) is 4.51. The minimum Gasteiger partial charge on any atom is -0.444 e. The second-order valence-electron chi connectivity index (χ2n) is 7.17. The van der Waals surface area contributed by atoms with E-state index in [4.69, 9.17) is 8.92 Å². The van der Waals surface area contributed by atoms with Crippen molar-refractivity contribution in [1.29, 1.82) is 0 Å². The molecule has 0 fully saturated rings. The summed E-state index contributed by atoms with van der Waals surface area (Å²) in [6.07, 6.45) is 1.92. The predicted octanol–water partition coefficient (Wildman–Crippen LogP) is 2.95. The molecule has 0 aromatic heterocycles. The number of amides is 1. The molecule has 0 saturated heterocycles. The molecule has 6 nitrogen and oxygen atoms in total. The van der Waals surface area contributed by atoms with Gasteiger partial charge in [0, 0.05) is 6.54 Å². The first-order valence-corrected chi connectivity index (χ1v) is 9.72. The van der Waals surface area contributed by atoms with Gasteiger partial charge in [-0.2, -0.15) is 8.42 Å². The molecule has 25 heavy (non-hydrogen) atoms. The van der Waals surface area contributed by atoms with Gasteiger partial charge in [-0.05, 0) is 69.2 Å². The molecule has 0 heterocycles. The molecule has 0 radical (unpaired) electrons. The van der Waals surface area contributed by atoms with E-state index in [0.717, 1.165) is 30.4 Å². The fraction of sp³-hybridized carbons (Fsp3) is 0.588. The number of alkyl carbamates (subject to hydrolysis) is 1. The van der Waals surface area contributed by atoms with Gasteiger partial charge in [0.25, 0.3) is 0 Å². The summed E-state index contributed by atoms with van der Waals surface area (Å²) < 4.78 is 44.6. The number of fused-ring (bicyclic) bond motifs is 1. The lowest BCUT2D eigenvalue weighted by atomic mass is 9.84. The highest BCUT2D eigenvalue weighted by atomic mass is 32.2. The zero-order valence-corrected chi connectivity index (χ0v) is 15.5. The summed E-state index contributed by atoms with van der Waals surface area (Å²) in [5.41, 5.74) is 1.53. The molecule has 0 saturated carbocycles. The number of nitrogens with one attached hydrogen (secondary N) is 1. The summed E-state index contributed by atoms with van der Waals surface area (Å²) in [7, 11) is -4.17. The van der Waals surface area contributed by atoms with Crippen LogP contribution >= 0.6 is 0 Å². The maximum absolute atomic E-state index is 12.3. The molecule has 2 rings (SSSR count). The third kappa shape index (κ3) is 6.19. The molecule has 0 aliphatic heterocycles. The van der Waals surface area contributed by atoms with Crippen LogP contribution in [0.1, 0.15) is 38.3 Å². The number of aryl methyl sites for hydroxylation is 1. The Morgan fingerprint density at radius 1 is 1.32 bits per heavy atom. The Hall–Kier alpha value is -1.83. The maximum Gasteiger partial charge on any atom is 0.407 e. The summed E-state index contributed by atoms with van der Waals surface area (Å²) in [5.74, 6) is 0.406. The number of carbonyl (C=O) groups is 1. The van der Waals surface area contributed by atoms with Crippen LogP contribution in [0.2, 0.25) is 0 Å². The predicted molar refractivity (Wildman–Crippen MR) is 91.7 cm³/mol. The van der Waals surface area contributed by atoms with Crippen molar-refractivity contribution in [1.82, 2.24) is 5.32 Å². The van der Waals surface area contributed by atoms with E-state index in [9.17, 15) is 17.6 Å². The van der Waals surface area contributed by atoms with E-state index < -0.39 is 27.8 Å². The minimum absolute atomic E-state index is 0.127. The Labute approximate surface area is 147 Å². The van der Waals surface area contributed by atoms with E-state index in [2.05, 4.69) is 5.32 Å². The summed E-state index contributed by atoms with van der Waals surface area (Å²) >= 11 is 0. The molecule has 1 aromatic carbocycles. The van der Waals surface area contributed by atoms with E-state index in [1.165, 1.54) is 6.07 Å². The van der Waals surface area contributed by atoms with Gasteiger partial charge in [-0.1, -0.05) is 6.07 Å². The van der Waals surface area contributed by atoms with Gasteiger partial charge in [0.05, 0.1) is 0 Å². The Bertz CT molecular complexity index is 727. The number of hydrogen-bond donors (Lipinski definition) is 1. The van der Waals surface area contributed by atoms with Crippen LogP contribution < -0.4 is 9.50 Å². The van der Waals surface area contributed by atoms with E-state index >= 15 is 0 Å². The van der Waals surface area contributed by atoms with Crippen LogP contribution in [0.15, 0.2) is 18.2 Å². The first-order valence-electron chi connectivity index (χ1n) is 8.15. The highest BCUT2D eigenvalue weighted by Crippen LogP contribution is 2.29. The Morgan fingerprint density at radius 2 is 2.04 bits per heavy atom. The van der Waals surface area contributed by atoms with Gasteiger partial charge in [0.1, 0.15) is 11.4 Å². The smallest absolute Gasteiger partial charge is 0.407 e. The molecule has 1 aliphatic rings. The molecular weight excluding hydrogens is 349 g/mol. The molecule has 1 aromatic rings. The SMILES string of the molecule is CC(C)(C)OC(=O)NCC1CCc2cc(OS(=O)(=O)CF)ccc2C1. The lowest BCUT2D eigenvalue weighted by Gasteiger charge is -2.26. The Kier molecular flexibility index (Phi) is 5.92. The zero-order chi connectivity index (χ0) is 18.7. The molecule has 0 bridgehead atoms. The van der Waals surface area contributed by atoms with Crippen molar-refractivity contribution in [2.45, 2.75) is 45.6 Å². The van der Waals surface area contributed by atoms with Gasteiger partial charge in [-0.3, -0.25) is 0 Å². The molecule has 1 unspecified atom stereocenters. The second-order valence-corrected chi connectivity index (χ2v) is 8.67. The van der Waals surface area contributed by atoms with Gasteiger partial charge in [-0.15, -0.1) is 0 Å². The molecule has 1 atom stereocenters. The van der Waals surface area contributed by atoms with Crippen molar-refractivity contribution in [3.05, 3.63) is 29.3 Å². The van der Waals surface area contributed by atoms with E-state index in [0.29, 0.717) is 6.54 Å². The average molecular weight is 373 g/mol. The van der Waals surface area contributed by atoms with Crippen molar-refractivity contribution in [3.8, 4) is 5.75 Å². The number of benzene rings is 1. The zero-order valence-electron chi connectivity index (χ0n) is 14.7. The molecule has 8 heteroatoms. The third-order valence-electron chi connectivity index (χ3n) is 3.80. The van der Waals surface area contributed by atoms with Crippen molar-refractivity contribution in [2.24, 2.45) is 5.92 Å². The lowest BCUT2D eigenvalue weighted by Crippen LogP contribution is -2.36. The quantitative estimate of drug-likeness (QED) is 0.803. The second kappa shape index (κ2) is 7.59. The van der Waals surface area contributed by atoms with Crippen LogP contribution in [-0.2, 0) is 27.7 Å². The van der Waals surface area contributed by atoms with Crippen molar-refractivity contribution in [3.63, 3.8) is 0 Å². The van der Waals surface area contributed by atoms with Gasteiger partial charge in [0.2, 0.25) is 6.01 Å². The summed E-state index contributed by atoms with van der Waals surface area (Å²) in [4.78, 5) is 11.7. The van der Waals surface area contributed by atoms with Crippen molar-refractivity contribution >= 4 is 16.2 Å². The first-order chi connectivity index (χ1) is 11.6. The summed E-state index contributed by atoms with van der Waals surface area (Å²) in [5, 5.41) is 2.78. The van der Waals surface area contributed by atoms with Crippen LogP contribution in [0.4, 0.5) is 9.18 Å². The Balaban J connectivity index is 1.92. The van der Waals surface area contributed by atoms with Gasteiger partial charge in [-0.25, -0.2) is 9.18 Å². The number of hydrogen-bond acceptors (Lipinski definition) is 5. The largest absolute Gasteiger partial charge is 0.444 e. The van der Waals surface area contributed by atoms with Crippen LogP contribution in [0.5, 0.6) is 5.75 Å². The fourth-order valence-electron chi connectivity index (χ4n) is 2.74. The maximum atomic E-state index is 12.3. The number of ether oxygens (including phenoxy) is 1. The van der Waals surface area contributed by atoms with E-state index in [1.54, 1.807) is 12.1 Å². The molecule has 1 aliphatic carbocycles. The highest BCUT2D eigenvalue weighted by molar-refractivity contribution is 7.86. The first kappa shape index (κ1) is 19.5. The molecule has 140 valence electrons. The monoisotopic (exact) mass is 373 g/mol. The van der Waals surface area contributed by atoms with Gasteiger partial charge >= 0.3 is 16.2 Å². The number of halogens is 1. The normalized spacial score (nSPS) is 17.5. The topological polar surface area (TPSA) is 81.7 Å². The van der Waals surface area contributed by atoms with Crippen LogP contribution in [0.3, 0.4) is 0 Å². The molecule has 1 N–H and O–H groups in total. The van der Waals surface area contributed by atoms with Gasteiger partial charge in [0.15, 0.2) is 0 Å². The molecule has 1 amide bonds. The number of carbonyl (C=O) groups excluding carboxylic acids is 1. The van der Waals surface area contributed by atoms with Crippen LogP contribution in [0.25, 0.3) is 0 Å². The van der Waals surface area contributed by atoms with Crippen LogP contribution in [-0.4, -0.2) is 32.7 Å². The molecule has 0 spiro atoms. The fourth-order valence-corrected chi connectivity index (χ4v) is 3.19. The standard InChI is InChI=1S/C17H24FNO5S/c1-17(2,3)23-16(20)19-10-12-4-5-14-9-15(7-6-13(14)8-12)24-25(21,22)11-18/h6-7,9,12H,4-5,8,10-11H2,1-3H3,(H,19,20). The van der Waals surface area contributed by atoms with Gasteiger partial charge < -0.3 is 14.2 Å². The number of alkyl halides is 1. The van der Waals surface area contributed by atoms with Crippen molar-refractivity contribution in [2.75, 3.05) is 12.6 Å². The lowest BCUT2D eigenvalue weighted by molar-refractivity contribution is 0.0518. The Morgan fingerprint density at radius 3 is 2.68 bits per heavy atom. The highest BCUT2D eigenvalue weighted by Gasteiger charge is 2.22. The summed E-state index contributed by atoms with van der Waals surface area (Å²) in [6, 6.07) is 3.40. The van der Waals surface area contributed by atoms with E-state index in [-0.39, 0.29) is 11.7 Å². The molecular formula is C17H24FNO5S. The van der Waals surface area contributed by atoms with Crippen LogP contribution in [0, 0.1) is 5.92 Å². The van der Waals surface area contributed by atoms with Crippen molar-refractivity contribution < 1.29 is 26.5 Å².